The highest BCUT2D eigenvalue weighted by Gasteiger charge is 2.20. The topological polar surface area (TPSA) is 88.2 Å². The first-order valence-electron chi connectivity index (χ1n) is 8.26. The zero-order valence-corrected chi connectivity index (χ0v) is 14.5. The lowest BCUT2D eigenvalue weighted by molar-refractivity contribution is 0.0873. The Balaban J connectivity index is 2.00. The number of aliphatic hydroxyl groups excluding tert-OH is 1. The van der Waals surface area contributed by atoms with E-state index in [1.54, 1.807) is 13.0 Å². The van der Waals surface area contributed by atoms with E-state index >= 15 is 0 Å². The molecule has 0 bridgehead atoms. The summed E-state index contributed by atoms with van der Waals surface area (Å²) < 4.78 is 5.27. The van der Waals surface area contributed by atoms with E-state index in [1.807, 2.05) is 44.2 Å². The summed E-state index contributed by atoms with van der Waals surface area (Å²) >= 11 is 0. The van der Waals surface area contributed by atoms with E-state index in [4.69, 9.17) is 4.52 Å². The number of aromatic nitrogens is 2. The van der Waals surface area contributed by atoms with E-state index in [0.29, 0.717) is 28.1 Å². The lowest BCUT2D eigenvalue weighted by Crippen LogP contribution is -2.34. The molecule has 0 radical (unpaired) electrons. The van der Waals surface area contributed by atoms with Gasteiger partial charge in [0, 0.05) is 12.1 Å². The van der Waals surface area contributed by atoms with Gasteiger partial charge in [0.2, 0.25) is 0 Å². The van der Waals surface area contributed by atoms with E-state index in [9.17, 15) is 9.90 Å². The van der Waals surface area contributed by atoms with Gasteiger partial charge in [-0.25, -0.2) is 4.98 Å². The molecule has 0 aliphatic rings. The molecule has 25 heavy (non-hydrogen) atoms. The summed E-state index contributed by atoms with van der Waals surface area (Å²) in [6.07, 6.45) is -0.599. The van der Waals surface area contributed by atoms with Gasteiger partial charge in [0.1, 0.15) is 0 Å². The third kappa shape index (κ3) is 3.53. The predicted octanol–water partition coefficient (Wildman–Crippen LogP) is 2.94. The second kappa shape index (κ2) is 7.03. The molecule has 6 nitrogen and oxygen atoms in total. The number of rotatable bonds is 5. The molecule has 2 N–H and O–H groups in total. The molecule has 130 valence electrons. The van der Waals surface area contributed by atoms with E-state index in [-0.39, 0.29) is 18.4 Å². The van der Waals surface area contributed by atoms with Crippen LogP contribution in [0.3, 0.4) is 0 Å². The van der Waals surface area contributed by atoms with Crippen molar-refractivity contribution in [1.29, 1.82) is 0 Å². The molecule has 0 fully saturated rings. The standard InChI is InChI=1S/C19H21N3O3/c1-11(2)16(23)10-20-18(24)14-9-15(13-7-5-4-6-8-13)21-19-17(14)12(3)22-25-19/h4-9,11,16,23H,10H2,1-3H3,(H,20,24). The van der Waals surface area contributed by atoms with Crippen LogP contribution in [0.15, 0.2) is 40.9 Å². The molecule has 0 saturated heterocycles. The molecule has 0 aliphatic heterocycles. The van der Waals surface area contributed by atoms with Gasteiger partial charge < -0.3 is 14.9 Å². The van der Waals surface area contributed by atoms with Gasteiger partial charge in [-0.1, -0.05) is 49.3 Å². The average molecular weight is 339 g/mol. The summed E-state index contributed by atoms with van der Waals surface area (Å²) in [6, 6.07) is 11.3. The molecule has 3 rings (SSSR count). The predicted molar refractivity (Wildman–Crippen MR) is 95.2 cm³/mol. The number of aryl methyl sites for hydroxylation is 1. The SMILES string of the molecule is Cc1noc2nc(-c3ccccc3)cc(C(=O)NCC(O)C(C)C)c12. The zero-order chi connectivity index (χ0) is 18.0. The van der Waals surface area contributed by atoms with Crippen LogP contribution < -0.4 is 5.32 Å². The van der Waals surface area contributed by atoms with Crippen molar-refractivity contribution in [2.45, 2.75) is 26.9 Å². The molecule has 2 aromatic heterocycles. The molecular weight excluding hydrogens is 318 g/mol. The van der Waals surface area contributed by atoms with Crippen LogP contribution in [0.4, 0.5) is 0 Å². The van der Waals surface area contributed by atoms with Crippen LogP contribution in [-0.2, 0) is 0 Å². The first kappa shape index (κ1) is 17.1. The van der Waals surface area contributed by atoms with Gasteiger partial charge in [0.15, 0.2) is 0 Å². The fraction of sp³-hybridized carbons (Fsp3) is 0.316. The first-order chi connectivity index (χ1) is 12.0. The number of nitrogens with one attached hydrogen (secondary N) is 1. The highest BCUT2D eigenvalue weighted by molar-refractivity contribution is 6.07. The van der Waals surface area contributed by atoms with Gasteiger partial charge in [-0.3, -0.25) is 4.79 Å². The number of hydrogen-bond acceptors (Lipinski definition) is 5. The second-order valence-corrected chi connectivity index (χ2v) is 6.39. The maximum atomic E-state index is 12.7. The summed E-state index contributed by atoms with van der Waals surface area (Å²) in [5, 5.41) is 17.2. The van der Waals surface area contributed by atoms with Gasteiger partial charge in [-0.2, -0.15) is 0 Å². The number of amides is 1. The number of nitrogens with zero attached hydrogens (tertiary/aromatic N) is 2. The summed E-state index contributed by atoms with van der Waals surface area (Å²) in [5.41, 5.74) is 2.90. The molecule has 1 atom stereocenters. The summed E-state index contributed by atoms with van der Waals surface area (Å²) in [6.45, 7) is 5.76. The highest BCUT2D eigenvalue weighted by atomic mass is 16.5. The third-order valence-electron chi connectivity index (χ3n) is 4.17. The molecule has 1 amide bonds. The van der Waals surface area contributed by atoms with Crippen LogP contribution >= 0.6 is 0 Å². The van der Waals surface area contributed by atoms with Gasteiger partial charge in [-0.05, 0) is 18.9 Å². The Hall–Kier alpha value is -2.73. The van der Waals surface area contributed by atoms with Crippen LogP contribution in [0.2, 0.25) is 0 Å². The molecule has 1 unspecified atom stereocenters. The van der Waals surface area contributed by atoms with Crippen LogP contribution in [0.5, 0.6) is 0 Å². The molecule has 0 spiro atoms. The Kier molecular flexibility index (Phi) is 4.81. The smallest absolute Gasteiger partial charge is 0.259 e. The third-order valence-corrected chi connectivity index (χ3v) is 4.17. The Morgan fingerprint density at radius 3 is 2.68 bits per heavy atom. The zero-order valence-electron chi connectivity index (χ0n) is 14.5. The highest BCUT2D eigenvalue weighted by Crippen LogP contribution is 2.26. The van der Waals surface area contributed by atoms with Gasteiger partial charge in [0.05, 0.1) is 28.4 Å². The van der Waals surface area contributed by atoms with Gasteiger partial charge in [0.25, 0.3) is 11.6 Å². The van der Waals surface area contributed by atoms with E-state index in [1.165, 1.54) is 0 Å². The number of benzene rings is 1. The van der Waals surface area contributed by atoms with E-state index in [0.717, 1.165) is 5.56 Å². The Morgan fingerprint density at radius 2 is 2.00 bits per heavy atom. The van der Waals surface area contributed by atoms with Crippen molar-refractivity contribution in [2.24, 2.45) is 5.92 Å². The number of pyridine rings is 1. The minimum absolute atomic E-state index is 0.0648. The second-order valence-electron chi connectivity index (χ2n) is 6.39. The molecule has 1 aromatic carbocycles. The first-order valence-corrected chi connectivity index (χ1v) is 8.26. The van der Waals surface area contributed by atoms with Crippen LogP contribution in [0, 0.1) is 12.8 Å². The maximum Gasteiger partial charge on any atom is 0.259 e. The number of carbonyl (C=O) groups excluding carboxylic acids is 1. The number of aliphatic hydroxyl groups is 1. The molecule has 6 heteroatoms. The molecule has 0 saturated carbocycles. The maximum absolute atomic E-state index is 12.7. The molecular formula is C19H21N3O3. The normalized spacial score (nSPS) is 12.5. The van der Waals surface area contributed by atoms with Crippen molar-refractivity contribution in [3.05, 3.63) is 47.7 Å². The van der Waals surface area contributed by atoms with Gasteiger partial charge >= 0.3 is 0 Å². The summed E-state index contributed by atoms with van der Waals surface area (Å²) in [4.78, 5) is 17.2. The van der Waals surface area contributed by atoms with Crippen molar-refractivity contribution >= 4 is 17.0 Å². The van der Waals surface area contributed by atoms with Crippen molar-refractivity contribution in [1.82, 2.24) is 15.5 Å². The minimum Gasteiger partial charge on any atom is -0.391 e. The summed E-state index contributed by atoms with van der Waals surface area (Å²) in [5.74, 6) is -0.217. The number of carbonyl (C=O) groups is 1. The van der Waals surface area contributed by atoms with Crippen LogP contribution in [0.1, 0.15) is 29.9 Å². The molecule has 3 aromatic rings. The largest absolute Gasteiger partial charge is 0.391 e. The van der Waals surface area contributed by atoms with Crippen LogP contribution in [-0.4, -0.2) is 33.8 Å². The average Bonchev–Trinajstić information content (AvgIpc) is 3.00. The van der Waals surface area contributed by atoms with Crippen molar-refractivity contribution in [3.8, 4) is 11.3 Å². The van der Waals surface area contributed by atoms with Crippen molar-refractivity contribution < 1.29 is 14.4 Å². The van der Waals surface area contributed by atoms with E-state index in [2.05, 4.69) is 15.5 Å². The summed E-state index contributed by atoms with van der Waals surface area (Å²) in [7, 11) is 0. The lowest BCUT2D eigenvalue weighted by Gasteiger charge is -2.15. The van der Waals surface area contributed by atoms with E-state index < -0.39 is 6.10 Å². The number of fused-ring (bicyclic) bond motifs is 1. The van der Waals surface area contributed by atoms with Crippen molar-refractivity contribution in [2.75, 3.05) is 6.54 Å². The minimum atomic E-state index is -0.599. The van der Waals surface area contributed by atoms with Crippen molar-refractivity contribution in [3.63, 3.8) is 0 Å². The fourth-order valence-corrected chi connectivity index (χ4v) is 2.56. The quantitative estimate of drug-likeness (QED) is 0.746. The Morgan fingerprint density at radius 1 is 1.28 bits per heavy atom. The Bertz CT molecular complexity index is 888. The van der Waals surface area contributed by atoms with Crippen LogP contribution in [0.25, 0.3) is 22.4 Å². The fourth-order valence-electron chi connectivity index (χ4n) is 2.56. The molecule has 2 heterocycles. The lowest BCUT2D eigenvalue weighted by atomic mass is 10.0. The monoisotopic (exact) mass is 339 g/mol. The molecule has 0 aliphatic carbocycles. The number of hydrogen-bond donors (Lipinski definition) is 2. The van der Waals surface area contributed by atoms with Gasteiger partial charge in [-0.15, -0.1) is 0 Å². The Labute approximate surface area is 145 Å².